The van der Waals surface area contributed by atoms with Crippen LogP contribution >= 0.6 is 0 Å². The van der Waals surface area contributed by atoms with Crippen LogP contribution in [0, 0.1) is 0 Å². The quantitative estimate of drug-likeness (QED) is 0.904. The van der Waals surface area contributed by atoms with E-state index in [4.69, 9.17) is 9.15 Å². The standard InChI is InChI=1S/C16H17N3O3/c20-15(19-13-8-10-6-7-12(13)18-10)16-17-9-14(22-16)21-11-4-2-1-3-5-11/h1-5,9-10,12-13,18H,6-8H2,(H,19,20)/t10-,12+,13-/m1/s1. The van der Waals surface area contributed by atoms with Crippen LogP contribution in [0.3, 0.4) is 0 Å². The molecule has 6 heteroatoms. The van der Waals surface area contributed by atoms with Crippen LogP contribution in [-0.2, 0) is 0 Å². The summed E-state index contributed by atoms with van der Waals surface area (Å²) in [5.74, 6) is 0.598. The summed E-state index contributed by atoms with van der Waals surface area (Å²) in [4.78, 5) is 16.2. The highest BCUT2D eigenvalue weighted by atomic mass is 16.6. The highest BCUT2D eigenvalue weighted by Gasteiger charge is 2.40. The predicted octanol–water partition coefficient (Wildman–Crippen LogP) is 2.09. The van der Waals surface area contributed by atoms with Gasteiger partial charge in [0.15, 0.2) is 0 Å². The van der Waals surface area contributed by atoms with Gasteiger partial charge >= 0.3 is 11.9 Å². The van der Waals surface area contributed by atoms with E-state index in [1.807, 2.05) is 30.3 Å². The molecular formula is C16H17N3O3. The van der Waals surface area contributed by atoms with Gasteiger partial charge in [-0.2, -0.15) is 0 Å². The first kappa shape index (κ1) is 13.3. The molecule has 4 rings (SSSR count). The van der Waals surface area contributed by atoms with Gasteiger partial charge in [0.2, 0.25) is 0 Å². The molecule has 1 aromatic heterocycles. The maximum Gasteiger partial charge on any atom is 0.311 e. The van der Waals surface area contributed by atoms with Crippen molar-refractivity contribution in [2.24, 2.45) is 0 Å². The van der Waals surface area contributed by atoms with Crippen molar-refractivity contribution in [3.63, 3.8) is 0 Å². The zero-order valence-corrected chi connectivity index (χ0v) is 12.0. The Bertz CT molecular complexity index is 670. The van der Waals surface area contributed by atoms with Gasteiger partial charge in [0.1, 0.15) is 11.9 Å². The predicted molar refractivity (Wildman–Crippen MR) is 78.8 cm³/mol. The van der Waals surface area contributed by atoms with E-state index in [9.17, 15) is 4.79 Å². The number of benzene rings is 1. The fraction of sp³-hybridized carbons (Fsp3) is 0.375. The van der Waals surface area contributed by atoms with Crippen molar-refractivity contribution in [1.82, 2.24) is 15.6 Å². The number of hydrogen-bond acceptors (Lipinski definition) is 5. The lowest BCUT2D eigenvalue weighted by molar-refractivity contribution is 0.0891. The summed E-state index contributed by atoms with van der Waals surface area (Å²) >= 11 is 0. The van der Waals surface area contributed by atoms with Crippen molar-refractivity contribution in [1.29, 1.82) is 0 Å². The molecule has 0 aliphatic carbocycles. The molecule has 22 heavy (non-hydrogen) atoms. The molecule has 1 aromatic carbocycles. The number of carbonyl (C=O) groups excluding carboxylic acids is 1. The smallest absolute Gasteiger partial charge is 0.311 e. The molecule has 3 heterocycles. The molecule has 2 saturated heterocycles. The number of para-hydroxylation sites is 1. The van der Waals surface area contributed by atoms with E-state index in [0.717, 1.165) is 12.8 Å². The molecule has 0 spiro atoms. The molecule has 114 valence electrons. The van der Waals surface area contributed by atoms with E-state index in [2.05, 4.69) is 15.6 Å². The fourth-order valence-corrected chi connectivity index (χ4v) is 3.23. The summed E-state index contributed by atoms with van der Waals surface area (Å²) in [6, 6.07) is 10.3. The molecule has 0 unspecified atom stereocenters. The lowest BCUT2D eigenvalue weighted by Crippen LogP contribution is -2.43. The molecule has 2 bridgehead atoms. The zero-order valence-electron chi connectivity index (χ0n) is 12.0. The minimum absolute atomic E-state index is 0.0358. The van der Waals surface area contributed by atoms with E-state index in [1.54, 1.807) is 0 Å². The lowest BCUT2D eigenvalue weighted by atomic mass is 9.95. The second kappa shape index (κ2) is 5.46. The summed E-state index contributed by atoms with van der Waals surface area (Å²) < 4.78 is 10.9. The minimum Gasteiger partial charge on any atom is -0.425 e. The van der Waals surface area contributed by atoms with E-state index in [0.29, 0.717) is 17.8 Å². The molecule has 0 saturated carbocycles. The van der Waals surface area contributed by atoms with Gasteiger partial charge in [-0.25, -0.2) is 4.98 Å². The molecule has 2 fully saturated rings. The number of nitrogens with zero attached hydrogens (tertiary/aromatic N) is 1. The Morgan fingerprint density at radius 3 is 2.91 bits per heavy atom. The number of fused-ring (bicyclic) bond motifs is 2. The van der Waals surface area contributed by atoms with Crippen molar-refractivity contribution < 1.29 is 13.9 Å². The van der Waals surface area contributed by atoms with Gasteiger partial charge in [0, 0.05) is 18.1 Å². The number of rotatable bonds is 4. The zero-order chi connectivity index (χ0) is 14.9. The lowest BCUT2D eigenvalue weighted by Gasteiger charge is -2.20. The molecular weight excluding hydrogens is 282 g/mol. The molecule has 6 nitrogen and oxygen atoms in total. The first-order valence-electron chi connectivity index (χ1n) is 7.53. The topological polar surface area (TPSA) is 76.4 Å². The van der Waals surface area contributed by atoms with Crippen molar-refractivity contribution in [3.8, 4) is 11.7 Å². The summed E-state index contributed by atoms with van der Waals surface area (Å²) in [7, 11) is 0. The number of hydrogen-bond donors (Lipinski definition) is 2. The maximum absolute atomic E-state index is 12.2. The van der Waals surface area contributed by atoms with Gasteiger partial charge in [-0.3, -0.25) is 4.79 Å². The SMILES string of the molecule is O=C(N[C@@H]1C[C@H]2CC[C@@H]1N2)c1ncc(Oc2ccccc2)o1. The van der Waals surface area contributed by atoms with Crippen LogP contribution in [0.15, 0.2) is 40.9 Å². The van der Waals surface area contributed by atoms with Gasteiger partial charge in [-0.05, 0) is 31.4 Å². The Morgan fingerprint density at radius 2 is 2.18 bits per heavy atom. The highest BCUT2D eigenvalue weighted by molar-refractivity contribution is 5.90. The third-order valence-electron chi connectivity index (χ3n) is 4.26. The van der Waals surface area contributed by atoms with Crippen LogP contribution in [0.4, 0.5) is 0 Å². The number of oxazole rings is 1. The monoisotopic (exact) mass is 299 g/mol. The Kier molecular flexibility index (Phi) is 3.31. The fourth-order valence-electron chi connectivity index (χ4n) is 3.23. The summed E-state index contributed by atoms with van der Waals surface area (Å²) in [5.41, 5.74) is 0. The van der Waals surface area contributed by atoms with Crippen LogP contribution in [0.5, 0.6) is 11.7 Å². The molecule has 2 aromatic rings. The Morgan fingerprint density at radius 1 is 1.32 bits per heavy atom. The number of carbonyl (C=O) groups is 1. The summed E-state index contributed by atoms with van der Waals surface area (Å²) in [5, 5.41) is 6.47. The summed E-state index contributed by atoms with van der Waals surface area (Å²) in [6.45, 7) is 0. The molecule has 3 atom stereocenters. The van der Waals surface area contributed by atoms with Crippen molar-refractivity contribution in [2.45, 2.75) is 37.4 Å². The van der Waals surface area contributed by atoms with Gasteiger partial charge in [0.05, 0.1) is 0 Å². The van der Waals surface area contributed by atoms with Gasteiger partial charge < -0.3 is 19.8 Å². The van der Waals surface area contributed by atoms with Crippen LogP contribution in [0.25, 0.3) is 0 Å². The van der Waals surface area contributed by atoms with Gasteiger partial charge in [0.25, 0.3) is 5.89 Å². The number of ether oxygens (including phenoxy) is 1. The second-order valence-electron chi connectivity index (χ2n) is 5.76. The Hall–Kier alpha value is -2.34. The van der Waals surface area contributed by atoms with Crippen LogP contribution in [0.1, 0.15) is 29.9 Å². The third kappa shape index (κ3) is 2.57. The summed E-state index contributed by atoms with van der Waals surface area (Å²) in [6.07, 6.45) is 4.71. The van der Waals surface area contributed by atoms with Gasteiger partial charge in [-0.1, -0.05) is 18.2 Å². The molecule has 0 radical (unpaired) electrons. The normalized spacial score (nSPS) is 26.1. The average molecular weight is 299 g/mol. The van der Waals surface area contributed by atoms with E-state index < -0.39 is 0 Å². The van der Waals surface area contributed by atoms with E-state index >= 15 is 0 Å². The number of nitrogens with one attached hydrogen (secondary N) is 2. The Balaban J connectivity index is 1.39. The van der Waals surface area contributed by atoms with E-state index in [-0.39, 0.29) is 23.8 Å². The van der Waals surface area contributed by atoms with Crippen LogP contribution in [0.2, 0.25) is 0 Å². The average Bonchev–Trinajstić information content (AvgIpc) is 3.24. The molecule has 2 N–H and O–H groups in total. The number of aromatic nitrogens is 1. The van der Waals surface area contributed by atoms with E-state index in [1.165, 1.54) is 12.6 Å². The number of amides is 1. The minimum atomic E-state index is -0.290. The largest absolute Gasteiger partial charge is 0.425 e. The van der Waals surface area contributed by atoms with Crippen molar-refractivity contribution in [2.75, 3.05) is 0 Å². The molecule has 1 amide bonds. The van der Waals surface area contributed by atoms with Crippen LogP contribution < -0.4 is 15.4 Å². The Labute approximate surface area is 127 Å². The first-order chi connectivity index (χ1) is 10.8. The van der Waals surface area contributed by atoms with Gasteiger partial charge in [-0.15, -0.1) is 0 Å². The maximum atomic E-state index is 12.2. The molecule has 2 aliphatic heterocycles. The van der Waals surface area contributed by atoms with Crippen LogP contribution in [-0.4, -0.2) is 29.0 Å². The third-order valence-corrected chi connectivity index (χ3v) is 4.26. The van der Waals surface area contributed by atoms with Crippen molar-refractivity contribution >= 4 is 5.91 Å². The van der Waals surface area contributed by atoms with Crippen molar-refractivity contribution in [3.05, 3.63) is 42.4 Å². The highest BCUT2D eigenvalue weighted by Crippen LogP contribution is 2.28. The first-order valence-corrected chi connectivity index (χ1v) is 7.53. The molecule has 2 aliphatic rings. The second-order valence-corrected chi connectivity index (χ2v) is 5.76.